The molecule has 0 radical (unpaired) electrons. The molecule has 0 amide bonds. The molecule has 2 unspecified atom stereocenters. The molecule has 132 valence electrons. The van der Waals surface area contributed by atoms with Crippen molar-refractivity contribution in [2.45, 2.75) is 58.0 Å². The summed E-state index contributed by atoms with van der Waals surface area (Å²) < 4.78 is 5.83. The third-order valence-electron chi connectivity index (χ3n) is 5.98. The minimum Gasteiger partial charge on any atom is -0.493 e. The minimum atomic E-state index is 0.706. The molecule has 25 heavy (non-hydrogen) atoms. The van der Waals surface area contributed by atoms with Crippen molar-refractivity contribution >= 4 is 0 Å². The van der Waals surface area contributed by atoms with Gasteiger partial charge in [0.25, 0.3) is 0 Å². The lowest BCUT2D eigenvalue weighted by atomic mass is 9.85. The Hall–Kier alpha value is -1.80. The van der Waals surface area contributed by atoms with Crippen LogP contribution in [0.2, 0.25) is 0 Å². The zero-order valence-electron chi connectivity index (χ0n) is 15.5. The van der Waals surface area contributed by atoms with Crippen molar-refractivity contribution in [3.8, 4) is 16.9 Å². The first-order chi connectivity index (χ1) is 12.3. The first kappa shape index (κ1) is 16.7. The zero-order chi connectivity index (χ0) is 17.2. The van der Waals surface area contributed by atoms with E-state index < -0.39 is 0 Å². The van der Waals surface area contributed by atoms with Gasteiger partial charge in [0.15, 0.2) is 0 Å². The van der Waals surface area contributed by atoms with Crippen molar-refractivity contribution in [2.75, 3.05) is 13.2 Å². The Bertz CT molecular complexity index is 739. The summed E-state index contributed by atoms with van der Waals surface area (Å²) in [5.74, 6) is 0.990. The Labute approximate surface area is 151 Å². The van der Waals surface area contributed by atoms with Crippen molar-refractivity contribution in [1.82, 2.24) is 4.90 Å². The lowest BCUT2D eigenvalue weighted by molar-refractivity contribution is 0.174. The number of hydrogen-bond donors (Lipinski definition) is 0. The van der Waals surface area contributed by atoms with Crippen LogP contribution in [0.4, 0.5) is 0 Å². The van der Waals surface area contributed by atoms with E-state index >= 15 is 0 Å². The summed E-state index contributed by atoms with van der Waals surface area (Å²) in [6.07, 6.45) is 6.46. The van der Waals surface area contributed by atoms with Crippen LogP contribution < -0.4 is 4.74 Å². The highest BCUT2D eigenvalue weighted by atomic mass is 16.5. The van der Waals surface area contributed by atoms with Crippen LogP contribution in [0.15, 0.2) is 42.5 Å². The normalized spacial score (nSPS) is 23.4. The van der Waals surface area contributed by atoms with Crippen molar-refractivity contribution in [2.24, 2.45) is 0 Å². The van der Waals surface area contributed by atoms with E-state index in [4.69, 9.17) is 4.74 Å². The summed E-state index contributed by atoms with van der Waals surface area (Å²) in [4.78, 5) is 2.75. The highest BCUT2D eigenvalue weighted by Crippen LogP contribution is 2.35. The number of benzene rings is 2. The fourth-order valence-corrected chi connectivity index (χ4v) is 4.67. The summed E-state index contributed by atoms with van der Waals surface area (Å²) in [7, 11) is 0. The van der Waals surface area contributed by atoms with Gasteiger partial charge in [-0.25, -0.2) is 0 Å². The second-order valence-electron chi connectivity index (χ2n) is 7.54. The molecule has 0 spiro atoms. The largest absolute Gasteiger partial charge is 0.493 e. The van der Waals surface area contributed by atoms with Gasteiger partial charge in [0.2, 0.25) is 0 Å². The van der Waals surface area contributed by atoms with Gasteiger partial charge in [-0.05, 0) is 75.3 Å². The van der Waals surface area contributed by atoms with Gasteiger partial charge in [-0.3, -0.25) is 4.90 Å². The van der Waals surface area contributed by atoms with E-state index in [2.05, 4.69) is 54.3 Å². The van der Waals surface area contributed by atoms with Crippen LogP contribution in [0.25, 0.3) is 11.1 Å². The smallest absolute Gasteiger partial charge is 0.127 e. The molecule has 2 aromatic rings. The number of hydrogen-bond acceptors (Lipinski definition) is 2. The third kappa shape index (κ3) is 3.32. The van der Waals surface area contributed by atoms with E-state index in [1.807, 2.05) is 6.92 Å². The lowest BCUT2D eigenvalue weighted by Crippen LogP contribution is -2.41. The first-order valence-corrected chi connectivity index (χ1v) is 9.86. The van der Waals surface area contributed by atoms with Crippen LogP contribution in [0.1, 0.15) is 44.2 Å². The highest BCUT2D eigenvalue weighted by Gasteiger charge is 2.30. The van der Waals surface area contributed by atoms with E-state index in [0.717, 1.165) is 17.8 Å². The summed E-state index contributed by atoms with van der Waals surface area (Å²) in [5, 5.41) is 0. The van der Waals surface area contributed by atoms with Gasteiger partial charge in [-0.15, -0.1) is 0 Å². The molecule has 1 saturated heterocycles. The average Bonchev–Trinajstić information content (AvgIpc) is 3.08. The molecule has 1 fully saturated rings. The molecular weight excluding hydrogens is 306 g/mol. The van der Waals surface area contributed by atoms with E-state index in [0.29, 0.717) is 6.61 Å². The molecule has 2 atom stereocenters. The Morgan fingerprint density at radius 1 is 1.08 bits per heavy atom. The third-order valence-corrected chi connectivity index (χ3v) is 5.98. The summed E-state index contributed by atoms with van der Waals surface area (Å²) in [5.41, 5.74) is 5.58. The van der Waals surface area contributed by atoms with Gasteiger partial charge < -0.3 is 4.74 Å². The molecule has 1 heterocycles. The molecule has 2 aliphatic rings. The van der Waals surface area contributed by atoms with Crippen molar-refractivity contribution in [1.29, 1.82) is 0 Å². The molecule has 1 aliphatic carbocycles. The number of para-hydroxylation sites is 1. The predicted octanol–water partition coefficient (Wildman–Crippen LogP) is 5.09. The van der Waals surface area contributed by atoms with Gasteiger partial charge in [-0.1, -0.05) is 36.4 Å². The average molecular weight is 335 g/mol. The van der Waals surface area contributed by atoms with Gasteiger partial charge in [0.1, 0.15) is 5.75 Å². The van der Waals surface area contributed by atoms with Crippen LogP contribution in [-0.2, 0) is 12.8 Å². The van der Waals surface area contributed by atoms with E-state index in [1.165, 1.54) is 55.3 Å². The number of ether oxygens (including phenoxy) is 1. The highest BCUT2D eigenvalue weighted by molar-refractivity contribution is 5.71. The Kier molecular flexibility index (Phi) is 4.80. The molecule has 0 bridgehead atoms. The molecule has 4 rings (SSSR count). The predicted molar refractivity (Wildman–Crippen MR) is 104 cm³/mol. The Morgan fingerprint density at radius 3 is 2.76 bits per heavy atom. The maximum Gasteiger partial charge on any atom is 0.127 e. The summed E-state index contributed by atoms with van der Waals surface area (Å²) >= 11 is 0. The maximum atomic E-state index is 5.83. The fourth-order valence-electron chi connectivity index (χ4n) is 4.67. The van der Waals surface area contributed by atoms with Crippen LogP contribution >= 0.6 is 0 Å². The standard InChI is InChI=1S/C23H29NO/c1-3-25-23-9-5-4-8-22(23)20-11-10-19-16-21(13-12-18(19)15-20)24-14-6-7-17(24)2/h4-5,8-11,15,17,21H,3,6-7,12-14,16H2,1-2H3. The number of nitrogens with zero attached hydrogens (tertiary/aromatic N) is 1. The molecule has 2 aromatic carbocycles. The van der Waals surface area contributed by atoms with Crippen LogP contribution in [0, 0.1) is 0 Å². The monoisotopic (exact) mass is 335 g/mol. The van der Waals surface area contributed by atoms with Gasteiger partial charge in [-0.2, -0.15) is 0 Å². The van der Waals surface area contributed by atoms with Crippen molar-refractivity contribution in [3.63, 3.8) is 0 Å². The van der Waals surface area contributed by atoms with Gasteiger partial charge >= 0.3 is 0 Å². The minimum absolute atomic E-state index is 0.706. The maximum absolute atomic E-state index is 5.83. The second kappa shape index (κ2) is 7.21. The molecule has 2 nitrogen and oxygen atoms in total. The lowest BCUT2D eigenvalue weighted by Gasteiger charge is -2.35. The van der Waals surface area contributed by atoms with Crippen molar-refractivity contribution < 1.29 is 4.74 Å². The fraction of sp³-hybridized carbons (Fsp3) is 0.478. The number of rotatable bonds is 4. The van der Waals surface area contributed by atoms with E-state index in [-0.39, 0.29) is 0 Å². The topological polar surface area (TPSA) is 12.5 Å². The van der Waals surface area contributed by atoms with Gasteiger partial charge in [0.05, 0.1) is 6.61 Å². The summed E-state index contributed by atoms with van der Waals surface area (Å²) in [6, 6.07) is 16.9. The number of likely N-dealkylation sites (tertiary alicyclic amines) is 1. The molecule has 1 aliphatic heterocycles. The Balaban J connectivity index is 1.58. The second-order valence-corrected chi connectivity index (χ2v) is 7.54. The Morgan fingerprint density at radius 2 is 1.96 bits per heavy atom. The van der Waals surface area contributed by atoms with E-state index in [9.17, 15) is 0 Å². The SMILES string of the molecule is CCOc1ccccc1-c1ccc2c(c1)CCC(N1CCCC1C)C2. The molecule has 0 N–H and O–H groups in total. The summed E-state index contributed by atoms with van der Waals surface area (Å²) in [6.45, 7) is 6.44. The molecule has 2 heteroatoms. The van der Waals surface area contributed by atoms with Gasteiger partial charge in [0, 0.05) is 17.6 Å². The molecular formula is C23H29NO. The van der Waals surface area contributed by atoms with E-state index in [1.54, 1.807) is 5.56 Å². The molecule has 0 saturated carbocycles. The van der Waals surface area contributed by atoms with Crippen LogP contribution in [0.5, 0.6) is 5.75 Å². The zero-order valence-corrected chi connectivity index (χ0v) is 15.5. The molecule has 0 aromatic heterocycles. The quantitative estimate of drug-likeness (QED) is 0.771. The van der Waals surface area contributed by atoms with Crippen molar-refractivity contribution in [3.05, 3.63) is 53.6 Å². The number of fused-ring (bicyclic) bond motifs is 1. The number of aryl methyl sites for hydroxylation is 1. The van der Waals surface area contributed by atoms with Crippen LogP contribution in [-0.4, -0.2) is 30.1 Å². The first-order valence-electron chi connectivity index (χ1n) is 9.86. The van der Waals surface area contributed by atoms with Crippen LogP contribution in [0.3, 0.4) is 0 Å².